The number of halogens is 2. The molecule has 1 unspecified atom stereocenters. The molecule has 0 bridgehead atoms. The molecule has 0 spiro atoms. The molecule has 39 heavy (non-hydrogen) atoms. The summed E-state index contributed by atoms with van der Waals surface area (Å²) in [4.78, 5) is 15.0. The molecule has 0 radical (unpaired) electrons. The van der Waals surface area contributed by atoms with Crippen molar-refractivity contribution in [3.63, 3.8) is 0 Å². The predicted molar refractivity (Wildman–Crippen MR) is 150 cm³/mol. The highest BCUT2D eigenvalue weighted by atomic mass is 32.2. The Kier molecular flexibility index (Phi) is 7.66. The molecule has 0 aliphatic rings. The van der Waals surface area contributed by atoms with Crippen molar-refractivity contribution in [1.82, 2.24) is 0 Å². The Bertz CT molecular complexity index is 1580. The van der Waals surface area contributed by atoms with Gasteiger partial charge in [0.15, 0.2) is 21.3 Å². The SMILES string of the molecule is CC(C)(OC(=O)COc1ccc([S+](c2ccccc2)c2cc(F)cc(F)c2)cc1)c1ccc2ccccc2c1. The zero-order valence-corrected chi connectivity index (χ0v) is 22.4. The molecule has 0 saturated heterocycles. The quantitative estimate of drug-likeness (QED) is 0.147. The van der Waals surface area contributed by atoms with E-state index in [4.69, 9.17) is 9.47 Å². The van der Waals surface area contributed by atoms with Crippen molar-refractivity contribution in [2.24, 2.45) is 0 Å². The van der Waals surface area contributed by atoms with Gasteiger partial charge in [-0.05, 0) is 72.6 Å². The van der Waals surface area contributed by atoms with Crippen molar-refractivity contribution in [1.29, 1.82) is 0 Å². The van der Waals surface area contributed by atoms with Crippen LogP contribution in [-0.2, 0) is 26.0 Å². The fourth-order valence-electron chi connectivity index (χ4n) is 4.36. The summed E-state index contributed by atoms with van der Waals surface area (Å²) in [6.45, 7) is 3.45. The lowest BCUT2D eigenvalue weighted by molar-refractivity contribution is -0.159. The van der Waals surface area contributed by atoms with Crippen molar-refractivity contribution in [3.8, 4) is 5.75 Å². The molecule has 0 fully saturated rings. The van der Waals surface area contributed by atoms with E-state index in [1.54, 1.807) is 12.1 Å². The number of ether oxygens (including phenoxy) is 2. The summed E-state index contributed by atoms with van der Waals surface area (Å²) in [5.41, 5.74) is 0.0547. The molecule has 5 rings (SSSR count). The van der Waals surface area contributed by atoms with Crippen molar-refractivity contribution < 1.29 is 23.0 Å². The third-order valence-electron chi connectivity index (χ3n) is 6.28. The van der Waals surface area contributed by atoms with Crippen LogP contribution in [0.5, 0.6) is 5.75 Å². The summed E-state index contributed by atoms with van der Waals surface area (Å²) in [5.74, 6) is -1.25. The maximum absolute atomic E-state index is 14.1. The summed E-state index contributed by atoms with van der Waals surface area (Å²) in [6, 6.07) is 34.4. The van der Waals surface area contributed by atoms with Gasteiger partial charge < -0.3 is 9.47 Å². The standard InChI is InChI=1S/C33H27F2O3S/c1-33(2,25-13-12-23-8-6-7-9-24(23)18-25)38-32(36)22-37-28-14-16-30(17-15-28)39(29-10-4-3-5-11-29)31-20-26(34)19-27(35)21-31/h3-21H,22H2,1-2H3/q+1. The van der Waals surface area contributed by atoms with E-state index in [1.165, 1.54) is 12.1 Å². The molecule has 0 heterocycles. The minimum Gasteiger partial charge on any atom is -0.482 e. The molecule has 5 aromatic carbocycles. The molecule has 0 saturated carbocycles. The molecule has 196 valence electrons. The van der Waals surface area contributed by atoms with E-state index >= 15 is 0 Å². The molecule has 3 nitrogen and oxygen atoms in total. The van der Waals surface area contributed by atoms with Crippen LogP contribution in [0.2, 0.25) is 0 Å². The number of benzene rings is 5. The lowest BCUT2D eigenvalue weighted by Gasteiger charge is -2.26. The van der Waals surface area contributed by atoms with Crippen LogP contribution in [0.25, 0.3) is 10.8 Å². The topological polar surface area (TPSA) is 35.5 Å². The first-order valence-electron chi connectivity index (χ1n) is 12.5. The highest BCUT2D eigenvalue weighted by Gasteiger charge is 2.30. The molecule has 5 aromatic rings. The smallest absolute Gasteiger partial charge is 0.345 e. The monoisotopic (exact) mass is 541 g/mol. The van der Waals surface area contributed by atoms with Gasteiger partial charge >= 0.3 is 5.97 Å². The van der Waals surface area contributed by atoms with Crippen LogP contribution in [0, 0.1) is 11.6 Å². The molecule has 0 aliphatic carbocycles. The molecule has 0 aromatic heterocycles. The zero-order chi connectivity index (χ0) is 27.4. The minimum absolute atomic E-state index is 0.254. The van der Waals surface area contributed by atoms with Gasteiger partial charge in [-0.3, -0.25) is 0 Å². The van der Waals surface area contributed by atoms with E-state index in [2.05, 4.69) is 0 Å². The summed E-state index contributed by atoms with van der Waals surface area (Å²) < 4.78 is 39.6. The molecular weight excluding hydrogens is 514 g/mol. The van der Waals surface area contributed by atoms with Gasteiger partial charge in [0.2, 0.25) is 0 Å². The van der Waals surface area contributed by atoms with E-state index in [1.807, 2.05) is 98.8 Å². The summed E-state index contributed by atoms with van der Waals surface area (Å²) >= 11 is 0. The first-order chi connectivity index (χ1) is 18.8. The Balaban J connectivity index is 1.28. The highest BCUT2D eigenvalue weighted by Crippen LogP contribution is 2.33. The Hall–Kier alpha value is -4.16. The predicted octanol–water partition coefficient (Wildman–Crippen LogP) is 8.07. The van der Waals surface area contributed by atoms with Crippen LogP contribution in [-0.4, -0.2) is 12.6 Å². The fourth-order valence-corrected chi connectivity index (χ4v) is 6.48. The number of carbonyl (C=O) groups is 1. The van der Waals surface area contributed by atoms with E-state index in [0.29, 0.717) is 10.6 Å². The Morgan fingerprint density at radius 1 is 0.692 bits per heavy atom. The molecule has 0 N–H and O–H groups in total. The van der Waals surface area contributed by atoms with Crippen LogP contribution in [0.4, 0.5) is 8.78 Å². The van der Waals surface area contributed by atoms with Crippen LogP contribution < -0.4 is 4.74 Å². The van der Waals surface area contributed by atoms with Gasteiger partial charge in [-0.25, -0.2) is 13.6 Å². The van der Waals surface area contributed by atoms with Gasteiger partial charge in [-0.1, -0.05) is 54.6 Å². The number of carbonyl (C=O) groups excluding carboxylic acids is 1. The van der Waals surface area contributed by atoms with Gasteiger partial charge in [0.05, 0.1) is 10.9 Å². The van der Waals surface area contributed by atoms with Gasteiger partial charge in [0, 0.05) is 18.2 Å². The summed E-state index contributed by atoms with van der Waals surface area (Å²) in [6.07, 6.45) is 0. The van der Waals surface area contributed by atoms with Crippen molar-refractivity contribution >= 4 is 27.6 Å². The lowest BCUT2D eigenvalue weighted by atomic mass is 9.95. The normalized spacial score (nSPS) is 12.2. The number of hydrogen-bond donors (Lipinski definition) is 0. The fraction of sp³-hybridized carbons (Fsp3) is 0.121. The van der Waals surface area contributed by atoms with Crippen molar-refractivity contribution in [2.45, 2.75) is 34.1 Å². The number of hydrogen-bond acceptors (Lipinski definition) is 3. The second kappa shape index (κ2) is 11.3. The third-order valence-corrected chi connectivity index (χ3v) is 8.47. The number of rotatable bonds is 8. The van der Waals surface area contributed by atoms with E-state index in [0.717, 1.165) is 32.2 Å². The van der Waals surface area contributed by atoms with Gasteiger partial charge in [-0.2, -0.15) is 0 Å². The van der Waals surface area contributed by atoms with E-state index in [9.17, 15) is 13.6 Å². The second-order valence-electron chi connectivity index (χ2n) is 9.53. The third kappa shape index (κ3) is 6.29. The lowest BCUT2D eigenvalue weighted by Crippen LogP contribution is -2.28. The first-order valence-corrected chi connectivity index (χ1v) is 13.7. The highest BCUT2D eigenvalue weighted by molar-refractivity contribution is 7.97. The molecule has 0 amide bonds. The van der Waals surface area contributed by atoms with Gasteiger partial charge in [-0.15, -0.1) is 0 Å². The average molecular weight is 542 g/mol. The first kappa shape index (κ1) is 26.4. The molecule has 1 atom stereocenters. The van der Waals surface area contributed by atoms with E-state index in [-0.39, 0.29) is 6.61 Å². The van der Waals surface area contributed by atoms with Crippen molar-refractivity contribution in [2.75, 3.05) is 6.61 Å². The largest absolute Gasteiger partial charge is 0.482 e. The van der Waals surface area contributed by atoms with E-state index < -0.39 is 34.1 Å². The average Bonchev–Trinajstić information content (AvgIpc) is 2.92. The van der Waals surface area contributed by atoms with Crippen LogP contribution >= 0.6 is 0 Å². The van der Waals surface area contributed by atoms with Gasteiger partial charge in [0.25, 0.3) is 0 Å². The Morgan fingerprint density at radius 3 is 2.00 bits per heavy atom. The Morgan fingerprint density at radius 2 is 1.31 bits per heavy atom. The maximum atomic E-state index is 14.1. The molecule has 6 heteroatoms. The number of fused-ring (bicyclic) bond motifs is 1. The molecule has 0 aliphatic heterocycles. The maximum Gasteiger partial charge on any atom is 0.345 e. The minimum atomic E-state index is -0.835. The number of esters is 1. The summed E-state index contributed by atoms with van der Waals surface area (Å²) in [5, 5.41) is 2.19. The Labute approximate surface area is 229 Å². The second-order valence-corrected chi connectivity index (χ2v) is 11.6. The van der Waals surface area contributed by atoms with Crippen LogP contribution in [0.15, 0.2) is 130 Å². The van der Waals surface area contributed by atoms with Crippen LogP contribution in [0.1, 0.15) is 19.4 Å². The van der Waals surface area contributed by atoms with Crippen molar-refractivity contribution in [3.05, 3.63) is 132 Å². The summed E-state index contributed by atoms with van der Waals surface area (Å²) in [7, 11) is -0.728. The zero-order valence-electron chi connectivity index (χ0n) is 21.6. The van der Waals surface area contributed by atoms with Gasteiger partial charge in [0.1, 0.15) is 23.0 Å². The van der Waals surface area contributed by atoms with Crippen LogP contribution in [0.3, 0.4) is 0 Å². The molecular formula is C33H27F2O3S+.